The van der Waals surface area contributed by atoms with Gasteiger partial charge in [-0.2, -0.15) is 0 Å². The lowest BCUT2D eigenvalue weighted by Crippen LogP contribution is -2.27. The predicted molar refractivity (Wildman–Crippen MR) is 250 cm³/mol. The van der Waals surface area contributed by atoms with Gasteiger partial charge in [0.15, 0.2) is 5.82 Å². The molecule has 296 valence electrons. The van der Waals surface area contributed by atoms with Gasteiger partial charge in [-0.05, 0) is 104 Å². The van der Waals surface area contributed by atoms with Crippen molar-refractivity contribution in [1.29, 1.82) is 0 Å². The molecule has 3 heteroatoms. The number of benzene rings is 5. The number of rotatable bonds is 5. The minimum Gasteiger partial charge on any atom is -0.460 e. The van der Waals surface area contributed by atoms with E-state index in [1.54, 1.807) is 0 Å². The van der Waals surface area contributed by atoms with Crippen LogP contribution in [0.25, 0.3) is 50.7 Å². The SMILES string of the molecule is CC1(C)C2=CC3c4ccccc4C(C)(C)C3C=C2c2cc(-c3ccc4oc5c(c4c3)C=CCC5c3cc(C4=CCC(c5ccccc5)C=C4)nc(-c4ccccc4)n3)ccc21. The van der Waals surface area contributed by atoms with Crippen LogP contribution < -0.4 is 0 Å². The normalized spacial score (nSPS) is 22.4. The first kappa shape index (κ1) is 36.3. The summed E-state index contributed by atoms with van der Waals surface area (Å²) in [7, 11) is 0. The van der Waals surface area contributed by atoms with Crippen LogP contribution in [0.5, 0.6) is 0 Å². The molecule has 0 amide bonds. The van der Waals surface area contributed by atoms with Gasteiger partial charge < -0.3 is 4.42 Å². The average molecular weight is 789 g/mol. The van der Waals surface area contributed by atoms with E-state index in [0.29, 0.717) is 17.8 Å². The van der Waals surface area contributed by atoms with Crippen LogP contribution in [0.2, 0.25) is 0 Å². The number of hydrogen-bond donors (Lipinski definition) is 0. The van der Waals surface area contributed by atoms with Crippen molar-refractivity contribution in [2.45, 2.75) is 69.1 Å². The Labute approximate surface area is 358 Å². The zero-order valence-corrected chi connectivity index (χ0v) is 35.2. The average Bonchev–Trinajstić information content (AvgIpc) is 3.87. The highest BCUT2D eigenvalue weighted by molar-refractivity contribution is 5.96. The molecular weight excluding hydrogens is 741 g/mol. The smallest absolute Gasteiger partial charge is 0.160 e. The van der Waals surface area contributed by atoms with Gasteiger partial charge in [0.1, 0.15) is 11.3 Å². The molecule has 0 N–H and O–H groups in total. The second-order valence-electron chi connectivity index (χ2n) is 18.8. The van der Waals surface area contributed by atoms with Crippen LogP contribution >= 0.6 is 0 Å². The quantitative estimate of drug-likeness (QED) is 0.174. The zero-order valence-electron chi connectivity index (χ0n) is 35.2. The fraction of sp³-hybridized carbons (Fsp3) is 0.207. The topological polar surface area (TPSA) is 38.9 Å². The van der Waals surface area contributed by atoms with E-state index in [1.165, 1.54) is 50.1 Å². The Morgan fingerprint density at radius 1 is 0.672 bits per heavy atom. The van der Waals surface area contributed by atoms with Crippen LogP contribution in [0, 0.1) is 5.92 Å². The van der Waals surface area contributed by atoms with Gasteiger partial charge in [-0.15, -0.1) is 0 Å². The third-order valence-electron chi connectivity index (χ3n) is 14.7. The number of nitrogens with zero attached hydrogens (tertiary/aromatic N) is 2. The molecule has 0 radical (unpaired) electrons. The van der Waals surface area contributed by atoms with Crippen molar-refractivity contribution < 1.29 is 4.42 Å². The highest BCUT2D eigenvalue weighted by Gasteiger charge is 2.49. The fourth-order valence-electron chi connectivity index (χ4n) is 11.4. The molecule has 0 spiro atoms. The summed E-state index contributed by atoms with van der Waals surface area (Å²) in [4.78, 5) is 10.4. The maximum absolute atomic E-state index is 6.84. The number of hydrogen-bond acceptors (Lipinski definition) is 3. The number of furan rings is 1. The van der Waals surface area contributed by atoms with Crippen LogP contribution in [-0.2, 0) is 10.8 Å². The Morgan fingerprint density at radius 2 is 1.44 bits per heavy atom. The van der Waals surface area contributed by atoms with Gasteiger partial charge in [0.2, 0.25) is 0 Å². The van der Waals surface area contributed by atoms with Crippen molar-refractivity contribution in [3.05, 3.63) is 220 Å². The highest BCUT2D eigenvalue weighted by atomic mass is 16.3. The summed E-state index contributed by atoms with van der Waals surface area (Å²) in [6.07, 6.45) is 18.4. The molecular formula is C58H48N2O. The minimum atomic E-state index is -0.0602. The van der Waals surface area contributed by atoms with Crippen LogP contribution in [-0.4, -0.2) is 9.97 Å². The number of aromatic nitrogens is 2. The van der Waals surface area contributed by atoms with Crippen molar-refractivity contribution in [3.8, 4) is 22.5 Å². The molecule has 0 fully saturated rings. The lowest BCUT2D eigenvalue weighted by molar-refractivity contribution is 0.393. The van der Waals surface area contributed by atoms with E-state index in [0.717, 1.165) is 63.5 Å². The summed E-state index contributed by atoms with van der Waals surface area (Å²) in [5.41, 5.74) is 18.6. The van der Waals surface area contributed by atoms with Crippen LogP contribution in [0.1, 0.15) is 109 Å². The van der Waals surface area contributed by atoms with Gasteiger partial charge in [0.25, 0.3) is 0 Å². The van der Waals surface area contributed by atoms with E-state index < -0.39 is 0 Å². The largest absolute Gasteiger partial charge is 0.460 e. The van der Waals surface area contributed by atoms with Crippen LogP contribution in [0.4, 0.5) is 0 Å². The Kier molecular flexibility index (Phi) is 8.01. The molecule has 4 unspecified atom stereocenters. The molecule has 2 heterocycles. The zero-order chi connectivity index (χ0) is 41.0. The Morgan fingerprint density at radius 3 is 2.26 bits per heavy atom. The van der Waals surface area contributed by atoms with Gasteiger partial charge in [0, 0.05) is 33.8 Å². The summed E-state index contributed by atoms with van der Waals surface area (Å²) >= 11 is 0. The molecule has 0 bridgehead atoms. The van der Waals surface area contributed by atoms with Crippen LogP contribution in [0.15, 0.2) is 174 Å². The lowest BCUT2D eigenvalue weighted by atomic mass is 9.70. The van der Waals surface area contributed by atoms with Crippen molar-refractivity contribution in [3.63, 3.8) is 0 Å². The van der Waals surface area contributed by atoms with Gasteiger partial charge in [-0.25, -0.2) is 9.97 Å². The van der Waals surface area contributed by atoms with E-state index >= 15 is 0 Å². The Hall–Kier alpha value is -6.58. The summed E-state index contributed by atoms with van der Waals surface area (Å²) in [5.74, 6) is 2.88. The highest BCUT2D eigenvalue weighted by Crippen LogP contribution is 2.60. The molecule has 3 nitrogen and oxygen atoms in total. The molecule has 7 aromatic rings. The van der Waals surface area contributed by atoms with Gasteiger partial charge in [0.05, 0.1) is 17.3 Å². The molecule has 0 saturated heterocycles. The maximum atomic E-state index is 6.84. The van der Waals surface area contributed by atoms with Crippen LogP contribution in [0.3, 0.4) is 0 Å². The van der Waals surface area contributed by atoms with Crippen molar-refractivity contribution in [1.82, 2.24) is 9.97 Å². The van der Waals surface area contributed by atoms with E-state index in [-0.39, 0.29) is 16.7 Å². The summed E-state index contributed by atoms with van der Waals surface area (Å²) < 4.78 is 6.84. The van der Waals surface area contributed by atoms with E-state index in [9.17, 15) is 0 Å². The van der Waals surface area contributed by atoms with Crippen molar-refractivity contribution in [2.24, 2.45) is 5.92 Å². The molecule has 61 heavy (non-hydrogen) atoms. The Bertz CT molecular complexity index is 3100. The maximum Gasteiger partial charge on any atom is 0.160 e. The lowest BCUT2D eigenvalue weighted by Gasteiger charge is -2.33. The third kappa shape index (κ3) is 5.63. The van der Waals surface area contributed by atoms with E-state index in [4.69, 9.17) is 14.4 Å². The first-order valence-corrected chi connectivity index (χ1v) is 22.0. The summed E-state index contributed by atoms with van der Waals surface area (Å²) in [5, 5.41) is 1.14. The monoisotopic (exact) mass is 788 g/mol. The van der Waals surface area contributed by atoms with E-state index in [1.807, 2.05) is 6.07 Å². The number of fused-ring (bicyclic) bond motifs is 9. The first-order chi connectivity index (χ1) is 29.7. The molecule has 2 aromatic heterocycles. The summed E-state index contributed by atoms with van der Waals surface area (Å²) in [6.45, 7) is 9.68. The van der Waals surface area contributed by atoms with Gasteiger partial charge in [-0.3, -0.25) is 0 Å². The van der Waals surface area contributed by atoms with Crippen molar-refractivity contribution >= 4 is 28.2 Å². The second-order valence-corrected chi connectivity index (χ2v) is 18.8. The van der Waals surface area contributed by atoms with E-state index in [2.05, 4.69) is 192 Å². The van der Waals surface area contributed by atoms with Gasteiger partial charge >= 0.3 is 0 Å². The summed E-state index contributed by atoms with van der Waals surface area (Å²) in [6, 6.07) is 46.3. The Balaban J connectivity index is 0.907. The minimum absolute atomic E-state index is 0.0363. The van der Waals surface area contributed by atoms with Crippen molar-refractivity contribution in [2.75, 3.05) is 0 Å². The van der Waals surface area contributed by atoms with Gasteiger partial charge in [-0.1, -0.05) is 173 Å². The molecule has 4 atom stereocenters. The molecule has 5 aliphatic rings. The fourth-order valence-corrected chi connectivity index (χ4v) is 11.4. The third-order valence-corrected chi connectivity index (χ3v) is 14.7. The predicted octanol–water partition coefficient (Wildman–Crippen LogP) is 14.5. The standard InChI is InChI=1S/C58H48N2O/c1-57(2)48-21-12-11-18-41(48)45-32-51-46(33-50(45)57)44-30-39(26-28-49(44)58(51,3)4)40-27-29-54-47(31-40)42-19-13-20-43(55(42)61-54)53-34-52(59-56(60-53)38-16-9-6-10-17-38)37-24-22-36(23-25-37)35-14-7-5-8-15-35/h5-19,21-22,24-34,36,43,45,50H,20,23H2,1-4H3. The number of allylic oxidation sites excluding steroid dienone is 9. The molecule has 5 aliphatic carbocycles. The molecule has 0 aliphatic heterocycles. The first-order valence-electron chi connectivity index (χ1n) is 22.0. The molecule has 5 aromatic carbocycles. The molecule has 0 saturated carbocycles. The molecule has 12 rings (SSSR count). The second kappa shape index (κ2) is 13.5.